The molecule has 1 N–H and O–H groups in total. The molecule has 2 aromatic rings. The Morgan fingerprint density at radius 1 is 1.38 bits per heavy atom. The first-order valence-corrected chi connectivity index (χ1v) is 8.62. The van der Waals surface area contributed by atoms with Crippen LogP contribution in [0.25, 0.3) is 0 Å². The highest BCUT2D eigenvalue weighted by Crippen LogP contribution is 2.32. The number of anilines is 1. The highest BCUT2D eigenvalue weighted by atomic mass is 32.2. The van der Waals surface area contributed by atoms with Crippen LogP contribution in [0.1, 0.15) is 30.3 Å². The highest BCUT2D eigenvalue weighted by Gasteiger charge is 2.30. The van der Waals surface area contributed by atoms with E-state index >= 15 is 0 Å². The maximum absolute atomic E-state index is 12.8. The van der Waals surface area contributed by atoms with E-state index in [-0.39, 0.29) is 5.03 Å². The summed E-state index contributed by atoms with van der Waals surface area (Å²) >= 11 is 0. The van der Waals surface area contributed by atoms with Crippen LogP contribution < -0.4 is 4.31 Å². The van der Waals surface area contributed by atoms with Crippen molar-refractivity contribution in [2.45, 2.75) is 38.1 Å². The lowest BCUT2D eigenvalue weighted by Crippen LogP contribution is -2.35. The number of aryl methyl sites for hydroxylation is 3. The van der Waals surface area contributed by atoms with E-state index in [0.29, 0.717) is 18.8 Å². The maximum atomic E-state index is 12.8. The second kappa shape index (κ2) is 5.18. The van der Waals surface area contributed by atoms with E-state index in [1.54, 1.807) is 0 Å². The molecule has 0 spiro atoms. The van der Waals surface area contributed by atoms with Crippen LogP contribution in [0.2, 0.25) is 0 Å². The molecule has 0 saturated carbocycles. The molecule has 5 nitrogen and oxygen atoms in total. The van der Waals surface area contributed by atoms with E-state index < -0.39 is 10.0 Å². The Balaban J connectivity index is 2.05. The van der Waals surface area contributed by atoms with Gasteiger partial charge in [-0.25, -0.2) is 4.98 Å². The van der Waals surface area contributed by atoms with Crippen molar-refractivity contribution in [2.75, 3.05) is 10.8 Å². The number of imidazole rings is 1. The Morgan fingerprint density at radius 3 is 2.90 bits per heavy atom. The minimum Gasteiger partial charge on any atom is -0.332 e. The van der Waals surface area contributed by atoms with Crippen LogP contribution in [0.15, 0.2) is 29.4 Å². The van der Waals surface area contributed by atoms with Gasteiger partial charge in [0.1, 0.15) is 5.82 Å². The summed E-state index contributed by atoms with van der Waals surface area (Å²) in [5.41, 5.74) is 3.04. The zero-order chi connectivity index (χ0) is 15.0. The molecule has 0 saturated heterocycles. The number of nitrogens with one attached hydrogen (secondary N) is 1. The summed E-state index contributed by atoms with van der Waals surface area (Å²) in [6, 6.07) is 5.93. The molecule has 0 amide bonds. The number of fused-ring (bicyclic) bond motifs is 1. The molecule has 1 aromatic carbocycles. The first kappa shape index (κ1) is 14.1. The number of benzene rings is 1. The quantitative estimate of drug-likeness (QED) is 0.947. The number of hydrogen-bond donors (Lipinski definition) is 1. The fourth-order valence-electron chi connectivity index (χ4n) is 2.71. The van der Waals surface area contributed by atoms with Crippen LogP contribution in [0, 0.1) is 6.92 Å². The van der Waals surface area contributed by atoms with Crippen molar-refractivity contribution in [2.24, 2.45) is 0 Å². The van der Waals surface area contributed by atoms with Crippen LogP contribution in [0.5, 0.6) is 0 Å². The van der Waals surface area contributed by atoms with Gasteiger partial charge in [-0.15, -0.1) is 0 Å². The number of hydrogen-bond acceptors (Lipinski definition) is 3. The van der Waals surface area contributed by atoms with Gasteiger partial charge in [-0.1, -0.05) is 24.6 Å². The average Bonchev–Trinajstić information content (AvgIpc) is 2.96. The van der Waals surface area contributed by atoms with Crippen molar-refractivity contribution in [3.05, 3.63) is 41.3 Å². The van der Waals surface area contributed by atoms with Crippen LogP contribution in [0.3, 0.4) is 0 Å². The molecular formula is C15H19N3O2S. The number of aromatic amines is 1. The lowest BCUT2D eigenvalue weighted by Gasteiger charge is -2.30. The van der Waals surface area contributed by atoms with Gasteiger partial charge in [-0.05, 0) is 31.4 Å². The number of aromatic nitrogens is 2. The molecule has 1 aliphatic heterocycles. The Morgan fingerprint density at radius 2 is 2.19 bits per heavy atom. The molecule has 0 bridgehead atoms. The normalized spacial score (nSPS) is 15.0. The van der Waals surface area contributed by atoms with Gasteiger partial charge in [0.15, 0.2) is 5.03 Å². The zero-order valence-electron chi connectivity index (χ0n) is 12.3. The van der Waals surface area contributed by atoms with E-state index in [0.717, 1.165) is 29.7 Å². The standard InChI is InChI=1S/C15H19N3O2S/c1-3-14-16-10-15(17-14)21(19,20)18-8-4-5-12-9-11(2)6-7-13(12)18/h6-7,9-10H,3-5,8H2,1-2H3,(H,16,17). The fraction of sp³-hybridized carbons (Fsp3) is 0.400. The van der Waals surface area contributed by atoms with E-state index in [1.807, 2.05) is 26.0 Å². The second-order valence-electron chi connectivity index (χ2n) is 5.36. The molecule has 6 heteroatoms. The average molecular weight is 305 g/mol. The molecular weight excluding hydrogens is 286 g/mol. The van der Waals surface area contributed by atoms with Crippen molar-refractivity contribution in [3.63, 3.8) is 0 Å². The Kier molecular flexibility index (Phi) is 3.49. The highest BCUT2D eigenvalue weighted by molar-refractivity contribution is 7.92. The molecule has 112 valence electrons. The first-order chi connectivity index (χ1) is 10.0. The van der Waals surface area contributed by atoms with Crippen molar-refractivity contribution in [3.8, 4) is 0 Å². The molecule has 0 aliphatic carbocycles. The Hall–Kier alpha value is -1.82. The summed E-state index contributed by atoms with van der Waals surface area (Å²) in [7, 11) is -3.56. The van der Waals surface area contributed by atoms with Gasteiger partial charge < -0.3 is 4.98 Å². The van der Waals surface area contributed by atoms with Gasteiger partial charge in [0, 0.05) is 13.0 Å². The Labute approximate surface area is 125 Å². The lowest BCUT2D eigenvalue weighted by atomic mass is 10.0. The molecule has 1 aliphatic rings. The van der Waals surface area contributed by atoms with Crippen molar-refractivity contribution in [1.82, 2.24) is 9.97 Å². The number of H-pyrrole nitrogens is 1. The monoisotopic (exact) mass is 305 g/mol. The van der Waals surface area contributed by atoms with Crippen molar-refractivity contribution >= 4 is 15.7 Å². The number of sulfonamides is 1. The molecule has 0 radical (unpaired) electrons. The molecule has 0 atom stereocenters. The van der Waals surface area contributed by atoms with E-state index in [1.165, 1.54) is 10.5 Å². The summed E-state index contributed by atoms with van der Waals surface area (Å²) in [5, 5.41) is 0.174. The Bertz CT molecular complexity index is 765. The molecule has 21 heavy (non-hydrogen) atoms. The smallest absolute Gasteiger partial charge is 0.281 e. The van der Waals surface area contributed by atoms with Crippen molar-refractivity contribution in [1.29, 1.82) is 0 Å². The predicted octanol–water partition coefficient (Wildman–Crippen LogP) is 2.42. The summed E-state index contributed by atoms with van der Waals surface area (Å²) < 4.78 is 27.1. The zero-order valence-corrected chi connectivity index (χ0v) is 13.1. The third-order valence-corrected chi connectivity index (χ3v) is 5.54. The van der Waals surface area contributed by atoms with Gasteiger partial charge in [-0.2, -0.15) is 8.42 Å². The second-order valence-corrected chi connectivity index (χ2v) is 7.19. The van der Waals surface area contributed by atoms with Gasteiger partial charge in [0.25, 0.3) is 10.0 Å². The summed E-state index contributed by atoms with van der Waals surface area (Å²) in [6.07, 6.45) is 3.86. The molecule has 1 aromatic heterocycles. The van der Waals surface area contributed by atoms with E-state index in [9.17, 15) is 8.42 Å². The molecule has 3 rings (SSSR count). The van der Waals surface area contributed by atoms with E-state index in [2.05, 4.69) is 16.0 Å². The first-order valence-electron chi connectivity index (χ1n) is 7.18. The summed E-state index contributed by atoms with van der Waals surface area (Å²) in [6.45, 7) is 4.48. The largest absolute Gasteiger partial charge is 0.332 e. The van der Waals surface area contributed by atoms with Crippen LogP contribution in [0.4, 0.5) is 5.69 Å². The van der Waals surface area contributed by atoms with E-state index in [4.69, 9.17) is 0 Å². The molecule has 0 fully saturated rings. The topological polar surface area (TPSA) is 66.1 Å². The van der Waals surface area contributed by atoms with Crippen LogP contribution in [-0.2, 0) is 22.9 Å². The third-order valence-electron chi connectivity index (χ3n) is 3.82. The fourth-order valence-corrected chi connectivity index (χ4v) is 4.19. The maximum Gasteiger partial charge on any atom is 0.281 e. The summed E-state index contributed by atoms with van der Waals surface area (Å²) in [5.74, 6) is 0.690. The molecule has 0 unspecified atom stereocenters. The van der Waals surface area contributed by atoms with Crippen LogP contribution >= 0.6 is 0 Å². The predicted molar refractivity (Wildman–Crippen MR) is 82.0 cm³/mol. The minimum absolute atomic E-state index is 0.174. The SMILES string of the molecule is CCc1ncc(S(=O)(=O)N2CCCc3cc(C)ccc32)[nH]1. The lowest BCUT2D eigenvalue weighted by molar-refractivity contribution is 0.583. The third kappa shape index (κ3) is 2.44. The van der Waals surface area contributed by atoms with Crippen molar-refractivity contribution < 1.29 is 8.42 Å². The summed E-state index contributed by atoms with van der Waals surface area (Å²) in [4.78, 5) is 7.01. The number of nitrogens with zero attached hydrogens (tertiary/aromatic N) is 2. The number of rotatable bonds is 3. The van der Waals surface area contributed by atoms with Gasteiger partial charge >= 0.3 is 0 Å². The van der Waals surface area contributed by atoms with Crippen LogP contribution in [-0.4, -0.2) is 24.9 Å². The molecule has 2 heterocycles. The van der Waals surface area contributed by atoms with Gasteiger partial charge in [-0.3, -0.25) is 4.31 Å². The van der Waals surface area contributed by atoms with Gasteiger partial charge in [0.05, 0.1) is 11.9 Å². The minimum atomic E-state index is -3.56. The van der Waals surface area contributed by atoms with Gasteiger partial charge in [0.2, 0.25) is 0 Å².